The maximum atomic E-state index is 11.1. The molecule has 0 aliphatic rings. The van der Waals surface area contributed by atoms with Gasteiger partial charge in [-0.05, 0) is 6.92 Å². The van der Waals surface area contributed by atoms with Crippen molar-refractivity contribution in [3.63, 3.8) is 0 Å². The molecule has 1 amide bonds. The Morgan fingerprint density at radius 3 is 2.46 bits per heavy atom. The van der Waals surface area contributed by atoms with Gasteiger partial charge in [0.15, 0.2) is 0 Å². The molecule has 0 saturated heterocycles. The number of methoxy groups -OCH3 is 1. The molecule has 0 radical (unpaired) electrons. The van der Waals surface area contributed by atoms with E-state index in [1.807, 2.05) is 6.92 Å². The molecule has 0 N–H and O–H groups in total. The number of esters is 1. The van der Waals surface area contributed by atoms with Crippen molar-refractivity contribution in [2.45, 2.75) is 6.92 Å². The summed E-state index contributed by atoms with van der Waals surface area (Å²) in [5, 5.41) is 0. The zero-order valence-electron chi connectivity index (χ0n) is 8.20. The number of carbonyl (C=O) groups excluding carboxylic acids is 2. The van der Waals surface area contributed by atoms with Crippen molar-refractivity contribution in [1.82, 2.24) is 4.90 Å². The van der Waals surface area contributed by atoms with E-state index in [4.69, 9.17) is 4.74 Å². The molecule has 0 aromatic rings. The van der Waals surface area contributed by atoms with Crippen LogP contribution in [0.5, 0.6) is 0 Å². The monoisotopic (exact) mass is 189 g/mol. The molecule has 0 aliphatic heterocycles. The van der Waals surface area contributed by atoms with Gasteiger partial charge in [0.25, 0.3) is 0 Å². The summed E-state index contributed by atoms with van der Waals surface area (Å²) < 4.78 is 9.29. The van der Waals surface area contributed by atoms with Crippen molar-refractivity contribution in [2.24, 2.45) is 0 Å². The molecular weight excluding hydrogens is 174 g/mol. The molecule has 0 aromatic carbocycles. The van der Waals surface area contributed by atoms with Gasteiger partial charge in [-0.25, -0.2) is 4.79 Å². The molecule has 0 rings (SSSR count). The predicted octanol–water partition coefficient (Wildman–Crippen LogP) is -0.346. The van der Waals surface area contributed by atoms with Crippen LogP contribution in [0.3, 0.4) is 0 Å². The summed E-state index contributed by atoms with van der Waals surface area (Å²) in [5.74, 6) is -1.50. The summed E-state index contributed by atoms with van der Waals surface area (Å²) in [5.41, 5.74) is 0. The number of hydrogen-bond acceptors (Lipinski definition) is 4. The molecule has 0 heterocycles. The topological polar surface area (TPSA) is 55.8 Å². The van der Waals surface area contributed by atoms with Gasteiger partial charge in [-0.1, -0.05) is 0 Å². The van der Waals surface area contributed by atoms with Crippen LogP contribution in [0.15, 0.2) is 0 Å². The third kappa shape index (κ3) is 4.47. The summed E-state index contributed by atoms with van der Waals surface area (Å²) in [7, 11) is 2.70. The molecule has 13 heavy (non-hydrogen) atoms. The lowest BCUT2D eigenvalue weighted by molar-refractivity contribution is -0.157. The highest BCUT2D eigenvalue weighted by atomic mass is 16.5. The van der Waals surface area contributed by atoms with Crippen molar-refractivity contribution < 1.29 is 19.1 Å². The highest BCUT2D eigenvalue weighted by Crippen LogP contribution is 1.88. The van der Waals surface area contributed by atoms with Crippen LogP contribution >= 0.6 is 0 Å². The zero-order chi connectivity index (χ0) is 10.3. The molecule has 0 spiro atoms. The molecule has 0 atom stereocenters. The molecule has 0 aromatic heterocycles. The fourth-order valence-electron chi connectivity index (χ4n) is 0.691. The average molecular weight is 189 g/mol. The fourth-order valence-corrected chi connectivity index (χ4v) is 0.691. The Balaban J connectivity index is 3.76. The second-order valence-corrected chi connectivity index (χ2v) is 2.42. The maximum absolute atomic E-state index is 11.1. The Hall–Kier alpha value is -1.10. The number of rotatable bonds is 4. The Morgan fingerprint density at radius 2 is 2.00 bits per heavy atom. The third-order valence-corrected chi connectivity index (χ3v) is 1.48. The molecule has 0 bridgehead atoms. The molecular formula is C8H15NO4. The van der Waals surface area contributed by atoms with Crippen LogP contribution in [-0.2, 0) is 19.1 Å². The van der Waals surface area contributed by atoms with E-state index in [1.165, 1.54) is 19.1 Å². The lowest BCUT2D eigenvalue weighted by Crippen LogP contribution is -2.36. The summed E-state index contributed by atoms with van der Waals surface area (Å²) >= 11 is 0. The number of ether oxygens (including phenoxy) is 2. The van der Waals surface area contributed by atoms with Gasteiger partial charge in [-0.2, -0.15) is 0 Å². The minimum absolute atomic E-state index is 0.391. The lowest BCUT2D eigenvalue weighted by Gasteiger charge is -2.14. The van der Waals surface area contributed by atoms with E-state index >= 15 is 0 Å². The van der Waals surface area contributed by atoms with E-state index in [-0.39, 0.29) is 0 Å². The summed E-state index contributed by atoms with van der Waals surface area (Å²) in [6.07, 6.45) is 0. The van der Waals surface area contributed by atoms with Crippen LogP contribution in [0.2, 0.25) is 0 Å². The van der Waals surface area contributed by atoms with Crippen LogP contribution in [0, 0.1) is 0 Å². The molecule has 5 nitrogen and oxygen atoms in total. The number of carbonyl (C=O) groups is 2. The summed E-state index contributed by atoms with van der Waals surface area (Å²) in [6, 6.07) is 0. The fraction of sp³-hybridized carbons (Fsp3) is 0.750. The lowest BCUT2D eigenvalue weighted by atomic mass is 10.5. The molecule has 5 heteroatoms. The number of hydrogen-bond donors (Lipinski definition) is 0. The first-order valence-electron chi connectivity index (χ1n) is 4.04. The van der Waals surface area contributed by atoms with Gasteiger partial charge in [-0.15, -0.1) is 0 Å². The van der Waals surface area contributed by atoms with Crippen molar-refractivity contribution in [2.75, 3.05) is 33.9 Å². The summed E-state index contributed by atoms with van der Waals surface area (Å²) in [4.78, 5) is 23.1. The van der Waals surface area contributed by atoms with Crippen LogP contribution in [0.4, 0.5) is 0 Å². The highest BCUT2D eigenvalue weighted by Gasteiger charge is 2.18. The number of nitrogens with zero attached hydrogens (tertiary/aromatic N) is 1. The largest absolute Gasteiger partial charge is 0.462 e. The van der Waals surface area contributed by atoms with Crippen LogP contribution < -0.4 is 0 Å². The van der Waals surface area contributed by atoms with Gasteiger partial charge < -0.3 is 14.4 Å². The molecule has 0 unspecified atom stereocenters. The Kier molecular flexibility index (Phi) is 5.88. The van der Waals surface area contributed by atoms with Gasteiger partial charge in [0.2, 0.25) is 0 Å². The minimum Gasteiger partial charge on any atom is -0.462 e. The van der Waals surface area contributed by atoms with Gasteiger partial charge in [0.1, 0.15) is 0 Å². The van der Waals surface area contributed by atoms with Gasteiger partial charge in [0, 0.05) is 20.2 Å². The molecule has 0 saturated carbocycles. The van der Waals surface area contributed by atoms with E-state index in [1.54, 1.807) is 0 Å². The molecule has 0 aliphatic carbocycles. The first-order valence-corrected chi connectivity index (χ1v) is 4.04. The normalized spacial score (nSPS) is 9.46. The third-order valence-electron chi connectivity index (χ3n) is 1.48. The van der Waals surface area contributed by atoms with Gasteiger partial charge in [-0.3, -0.25) is 4.79 Å². The first-order chi connectivity index (χ1) is 6.13. The quantitative estimate of drug-likeness (QED) is 0.345. The SMILES string of the molecule is CCOCCN(C)C(=O)C(=O)OC. The van der Waals surface area contributed by atoms with Gasteiger partial charge >= 0.3 is 11.9 Å². The number of likely N-dealkylation sites (N-methyl/N-ethyl adjacent to an activating group) is 1. The van der Waals surface area contributed by atoms with E-state index in [0.717, 1.165) is 0 Å². The molecule has 76 valence electrons. The van der Waals surface area contributed by atoms with Crippen molar-refractivity contribution in [1.29, 1.82) is 0 Å². The summed E-state index contributed by atoms with van der Waals surface area (Å²) in [6.45, 7) is 3.28. The first kappa shape index (κ1) is 11.9. The average Bonchev–Trinajstić information content (AvgIpc) is 2.15. The zero-order valence-corrected chi connectivity index (χ0v) is 8.20. The van der Waals surface area contributed by atoms with Crippen molar-refractivity contribution in [3.8, 4) is 0 Å². The van der Waals surface area contributed by atoms with E-state index < -0.39 is 11.9 Å². The minimum atomic E-state index is -0.848. The number of amides is 1. The maximum Gasteiger partial charge on any atom is 0.396 e. The standard InChI is InChI=1S/C8H15NO4/c1-4-13-6-5-9(2)7(10)8(11)12-3/h4-6H2,1-3H3. The molecule has 0 fully saturated rings. The van der Waals surface area contributed by atoms with Crippen LogP contribution in [0.25, 0.3) is 0 Å². The Labute approximate surface area is 77.6 Å². The Morgan fingerprint density at radius 1 is 1.38 bits per heavy atom. The Bertz CT molecular complexity index is 181. The van der Waals surface area contributed by atoms with E-state index in [9.17, 15) is 9.59 Å². The van der Waals surface area contributed by atoms with Crippen LogP contribution in [0.1, 0.15) is 6.92 Å². The second-order valence-electron chi connectivity index (χ2n) is 2.42. The highest BCUT2D eigenvalue weighted by molar-refractivity contribution is 6.32. The second kappa shape index (κ2) is 6.42. The van der Waals surface area contributed by atoms with E-state index in [0.29, 0.717) is 19.8 Å². The van der Waals surface area contributed by atoms with Crippen molar-refractivity contribution >= 4 is 11.9 Å². The van der Waals surface area contributed by atoms with Gasteiger partial charge in [0.05, 0.1) is 13.7 Å². The van der Waals surface area contributed by atoms with Crippen LogP contribution in [-0.4, -0.2) is 50.7 Å². The van der Waals surface area contributed by atoms with Crippen molar-refractivity contribution in [3.05, 3.63) is 0 Å². The predicted molar refractivity (Wildman–Crippen MR) is 46.1 cm³/mol. The smallest absolute Gasteiger partial charge is 0.396 e. The van der Waals surface area contributed by atoms with E-state index in [2.05, 4.69) is 4.74 Å².